The first-order valence-corrected chi connectivity index (χ1v) is 4.53. The van der Waals surface area contributed by atoms with Crippen LogP contribution in [0.5, 0.6) is 0 Å². The molecule has 0 aromatic carbocycles. The molecule has 0 unspecified atom stereocenters. The Morgan fingerprint density at radius 3 is 2.86 bits per heavy atom. The van der Waals surface area contributed by atoms with Crippen LogP contribution >= 0.6 is 15.9 Å². The Kier molecular flexibility index (Phi) is 3.17. The minimum atomic E-state index is -1.39. The number of halogens is 2. The summed E-state index contributed by atoms with van der Waals surface area (Å²) in [4.78, 5) is 14.0. The fourth-order valence-electron chi connectivity index (χ4n) is 1.05. The fraction of sp³-hybridized carbons (Fsp3) is 0.250. The van der Waals surface area contributed by atoms with Gasteiger partial charge in [-0.25, -0.2) is 4.98 Å². The highest BCUT2D eigenvalue weighted by molar-refractivity contribution is 9.10. The number of hydrogen-bond donors (Lipinski definition) is 2. The fourth-order valence-corrected chi connectivity index (χ4v) is 1.36. The first-order valence-electron chi connectivity index (χ1n) is 3.74. The van der Waals surface area contributed by atoms with E-state index in [1.54, 1.807) is 6.92 Å². The Balaban J connectivity index is 3.32. The Morgan fingerprint density at radius 1 is 1.79 bits per heavy atom. The van der Waals surface area contributed by atoms with Crippen molar-refractivity contribution in [3.05, 3.63) is 27.7 Å². The zero-order valence-corrected chi connectivity index (χ0v) is 8.88. The molecule has 0 aliphatic carbocycles. The van der Waals surface area contributed by atoms with Gasteiger partial charge in [0.1, 0.15) is 6.04 Å². The summed E-state index contributed by atoms with van der Waals surface area (Å²) in [5.74, 6) is -2.13. The van der Waals surface area contributed by atoms with Crippen LogP contribution < -0.4 is 5.73 Å². The quantitative estimate of drug-likeness (QED) is 0.790. The SMILES string of the molecule is Cc1c(Br)cnc(F)c1[C@H](N)C(=O)O. The predicted molar refractivity (Wildman–Crippen MR) is 51.2 cm³/mol. The summed E-state index contributed by atoms with van der Waals surface area (Å²) in [6, 6.07) is -1.39. The molecule has 0 bridgehead atoms. The highest BCUT2D eigenvalue weighted by Gasteiger charge is 2.22. The minimum absolute atomic E-state index is 0.0909. The van der Waals surface area contributed by atoms with E-state index in [-0.39, 0.29) is 5.56 Å². The summed E-state index contributed by atoms with van der Waals surface area (Å²) in [6.45, 7) is 1.58. The lowest BCUT2D eigenvalue weighted by Crippen LogP contribution is -2.23. The van der Waals surface area contributed by atoms with Crippen molar-refractivity contribution in [2.24, 2.45) is 5.73 Å². The van der Waals surface area contributed by atoms with E-state index in [0.717, 1.165) is 0 Å². The highest BCUT2D eigenvalue weighted by Crippen LogP contribution is 2.24. The first-order chi connectivity index (χ1) is 6.45. The maximum absolute atomic E-state index is 13.2. The summed E-state index contributed by atoms with van der Waals surface area (Å²) < 4.78 is 13.7. The van der Waals surface area contributed by atoms with E-state index in [1.807, 2.05) is 0 Å². The number of hydrogen-bond acceptors (Lipinski definition) is 3. The number of nitrogens with two attached hydrogens (primary N) is 1. The molecule has 0 spiro atoms. The molecule has 4 nitrogen and oxygen atoms in total. The smallest absolute Gasteiger partial charge is 0.325 e. The second-order valence-corrected chi connectivity index (χ2v) is 3.61. The van der Waals surface area contributed by atoms with Crippen molar-refractivity contribution in [1.82, 2.24) is 4.98 Å². The molecule has 3 N–H and O–H groups in total. The van der Waals surface area contributed by atoms with Crippen LogP contribution in [0.15, 0.2) is 10.7 Å². The summed E-state index contributed by atoms with van der Waals surface area (Å²) in [7, 11) is 0. The van der Waals surface area contributed by atoms with Gasteiger partial charge in [0, 0.05) is 16.2 Å². The molecule has 14 heavy (non-hydrogen) atoms. The molecule has 0 aliphatic heterocycles. The largest absolute Gasteiger partial charge is 0.480 e. The molecular formula is C8H8BrFN2O2. The molecule has 1 atom stereocenters. The van der Waals surface area contributed by atoms with Crippen molar-refractivity contribution in [3.63, 3.8) is 0 Å². The van der Waals surface area contributed by atoms with Crippen LogP contribution in [0.4, 0.5) is 4.39 Å². The van der Waals surface area contributed by atoms with E-state index in [2.05, 4.69) is 20.9 Å². The predicted octanol–water partition coefficient (Wildman–Crippen LogP) is 1.38. The molecule has 0 saturated carbocycles. The third kappa shape index (κ3) is 1.91. The van der Waals surface area contributed by atoms with Gasteiger partial charge in [-0.2, -0.15) is 4.39 Å². The van der Waals surface area contributed by atoms with E-state index in [9.17, 15) is 9.18 Å². The van der Waals surface area contributed by atoms with Crippen LogP contribution in [0.25, 0.3) is 0 Å². The third-order valence-corrected chi connectivity index (χ3v) is 2.65. The molecule has 76 valence electrons. The number of carboxylic acid groups (broad SMARTS) is 1. The molecule has 0 aliphatic rings. The monoisotopic (exact) mass is 262 g/mol. The van der Waals surface area contributed by atoms with Crippen molar-refractivity contribution in [2.45, 2.75) is 13.0 Å². The number of carbonyl (C=O) groups is 1. The molecule has 1 aromatic heterocycles. The minimum Gasteiger partial charge on any atom is -0.480 e. The van der Waals surface area contributed by atoms with Crippen LogP contribution in [-0.4, -0.2) is 16.1 Å². The second kappa shape index (κ2) is 4.02. The lowest BCUT2D eigenvalue weighted by atomic mass is 10.0. The number of carboxylic acids is 1. The zero-order chi connectivity index (χ0) is 10.9. The Bertz CT molecular complexity index is 384. The van der Waals surface area contributed by atoms with Crippen LogP contribution in [0.2, 0.25) is 0 Å². The van der Waals surface area contributed by atoms with Crippen LogP contribution in [0.3, 0.4) is 0 Å². The van der Waals surface area contributed by atoms with Gasteiger partial charge in [-0.3, -0.25) is 4.79 Å². The summed E-state index contributed by atoms with van der Waals surface area (Å²) >= 11 is 3.12. The molecule has 1 heterocycles. The van der Waals surface area contributed by atoms with E-state index >= 15 is 0 Å². The third-order valence-electron chi connectivity index (χ3n) is 1.85. The average molecular weight is 263 g/mol. The highest BCUT2D eigenvalue weighted by atomic mass is 79.9. The molecular weight excluding hydrogens is 255 g/mol. The van der Waals surface area contributed by atoms with Crippen molar-refractivity contribution < 1.29 is 14.3 Å². The second-order valence-electron chi connectivity index (χ2n) is 2.75. The van der Waals surface area contributed by atoms with E-state index < -0.39 is 18.0 Å². The Hall–Kier alpha value is -1.01. The van der Waals surface area contributed by atoms with Gasteiger partial charge in [-0.05, 0) is 28.4 Å². The maximum atomic E-state index is 13.2. The Labute approximate surface area is 88.1 Å². The number of aromatic nitrogens is 1. The lowest BCUT2D eigenvalue weighted by Gasteiger charge is -2.11. The van der Waals surface area contributed by atoms with Gasteiger partial charge >= 0.3 is 5.97 Å². The summed E-state index contributed by atoms with van der Waals surface area (Å²) in [5, 5.41) is 8.64. The van der Waals surface area contributed by atoms with E-state index in [0.29, 0.717) is 10.0 Å². The van der Waals surface area contributed by atoms with Gasteiger partial charge in [0.25, 0.3) is 0 Å². The van der Waals surface area contributed by atoms with Crippen molar-refractivity contribution >= 4 is 21.9 Å². The van der Waals surface area contributed by atoms with Gasteiger partial charge in [-0.15, -0.1) is 0 Å². The first kappa shape index (κ1) is 11.1. The van der Waals surface area contributed by atoms with Crippen LogP contribution in [0.1, 0.15) is 17.2 Å². The number of aliphatic carboxylic acids is 1. The van der Waals surface area contributed by atoms with Crippen LogP contribution in [-0.2, 0) is 4.79 Å². The van der Waals surface area contributed by atoms with Crippen molar-refractivity contribution in [1.29, 1.82) is 0 Å². The van der Waals surface area contributed by atoms with Gasteiger partial charge in [-0.1, -0.05) is 0 Å². The molecule has 6 heteroatoms. The van der Waals surface area contributed by atoms with Gasteiger partial charge < -0.3 is 10.8 Å². The van der Waals surface area contributed by atoms with Crippen molar-refractivity contribution in [3.8, 4) is 0 Å². The average Bonchev–Trinajstić information content (AvgIpc) is 2.12. The molecule has 0 fully saturated rings. The lowest BCUT2D eigenvalue weighted by molar-refractivity contribution is -0.138. The van der Waals surface area contributed by atoms with Gasteiger partial charge in [0.05, 0.1) is 0 Å². The molecule has 1 rings (SSSR count). The molecule has 1 aromatic rings. The molecule has 0 radical (unpaired) electrons. The van der Waals surface area contributed by atoms with Gasteiger partial charge in [0.15, 0.2) is 0 Å². The van der Waals surface area contributed by atoms with Crippen molar-refractivity contribution in [2.75, 3.05) is 0 Å². The summed E-state index contributed by atoms with van der Waals surface area (Å²) in [5.41, 5.74) is 5.67. The number of nitrogens with zero attached hydrogens (tertiary/aromatic N) is 1. The molecule has 0 saturated heterocycles. The maximum Gasteiger partial charge on any atom is 0.325 e. The molecule has 0 amide bonds. The van der Waals surface area contributed by atoms with Gasteiger partial charge in [0.2, 0.25) is 5.95 Å². The van der Waals surface area contributed by atoms with Crippen LogP contribution in [0, 0.1) is 12.9 Å². The van der Waals surface area contributed by atoms with E-state index in [4.69, 9.17) is 10.8 Å². The number of rotatable bonds is 2. The van der Waals surface area contributed by atoms with E-state index in [1.165, 1.54) is 6.20 Å². The standard InChI is InChI=1S/C8H8BrFN2O2/c1-3-4(9)2-12-7(10)5(3)6(11)8(13)14/h2,6H,11H2,1H3,(H,13,14)/t6-/m0/s1. The zero-order valence-electron chi connectivity index (χ0n) is 7.29. The normalized spacial score (nSPS) is 12.6. The Morgan fingerprint density at radius 2 is 2.36 bits per heavy atom. The number of pyridine rings is 1. The summed E-state index contributed by atoms with van der Waals surface area (Å²) in [6.07, 6.45) is 1.27. The topological polar surface area (TPSA) is 76.2 Å².